The van der Waals surface area contributed by atoms with Crippen LogP contribution >= 0.6 is 50.1 Å². The lowest BCUT2D eigenvalue weighted by Gasteiger charge is -1.97. The van der Waals surface area contributed by atoms with Gasteiger partial charge in [0.25, 0.3) is 0 Å². The lowest BCUT2D eigenvalue weighted by atomic mass is 10.2. The minimum atomic E-state index is -0.896. The number of carboxylic acid groups (broad SMARTS) is 3. The number of ether oxygens (including phenoxy) is 1. The van der Waals surface area contributed by atoms with E-state index in [4.69, 9.17) is 26.9 Å². The number of halogens is 3. The molecule has 4 rings (SSSR count). The van der Waals surface area contributed by atoms with E-state index in [9.17, 15) is 19.2 Å². The largest absolute Gasteiger partial charge is 0.478 e. The second-order valence-electron chi connectivity index (χ2n) is 7.29. The molecule has 0 aliphatic rings. The molecular formula is C29H23BrClIO8. The van der Waals surface area contributed by atoms with Gasteiger partial charge in [-0.25, -0.2) is 19.2 Å². The fraction of sp³-hybridized carbons (Fsp3) is 0.0345. The molecule has 0 unspecified atom stereocenters. The fourth-order valence-electron chi connectivity index (χ4n) is 2.47. The van der Waals surface area contributed by atoms with Crippen molar-refractivity contribution >= 4 is 74.0 Å². The number of carboxylic acids is 3. The number of carbonyl (C=O) groups is 4. The van der Waals surface area contributed by atoms with Crippen LogP contribution in [0.15, 0.2) is 108 Å². The molecule has 3 N–H and O–H groups in total. The first-order chi connectivity index (χ1) is 18.9. The number of esters is 1. The predicted octanol–water partition coefficient (Wildman–Crippen LogP) is 7.65. The molecule has 0 amide bonds. The molecule has 40 heavy (non-hydrogen) atoms. The van der Waals surface area contributed by atoms with Crippen molar-refractivity contribution in [2.24, 2.45) is 0 Å². The smallest absolute Gasteiger partial charge is 0.337 e. The van der Waals surface area contributed by atoms with Crippen LogP contribution in [-0.2, 0) is 4.74 Å². The molecule has 0 spiro atoms. The van der Waals surface area contributed by atoms with Crippen molar-refractivity contribution in [3.8, 4) is 0 Å². The summed E-state index contributed by atoms with van der Waals surface area (Å²) in [6, 6.07) is 28.0. The van der Waals surface area contributed by atoms with Gasteiger partial charge in [-0.2, -0.15) is 0 Å². The maximum Gasteiger partial charge on any atom is 0.337 e. The normalized spacial score (nSPS) is 9.20. The van der Waals surface area contributed by atoms with Crippen molar-refractivity contribution in [1.82, 2.24) is 0 Å². The van der Waals surface area contributed by atoms with Gasteiger partial charge in [0.15, 0.2) is 0 Å². The molecule has 4 aromatic carbocycles. The molecular weight excluding hydrogens is 719 g/mol. The third-order valence-corrected chi connectivity index (χ3v) is 5.97. The van der Waals surface area contributed by atoms with Crippen molar-refractivity contribution in [1.29, 1.82) is 0 Å². The van der Waals surface area contributed by atoms with Crippen molar-refractivity contribution in [2.75, 3.05) is 7.11 Å². The Kier molecular flexibility index (Phi) is 15.9. The van der Waals surface area contributed by atoms with Gasteiger partial charge in [0, 0.05) is 13.1 Å². The maximum atomic E-state index is 10.9. The molecule has 0 atom stereocenters. The first kappa shape index (κ1) is 34.3. The summed E-state index contributed by atoms with van der Waals surface area (Å²) in [7, 11) is 1.34. The number of benzene rings is 4. The van der Waals surface area contributed by atoms with Gasteiger partial charge in [-0.15, -0.1) is 0 Å². The maximum absolute atomic E-state index is 10.9. The highest BCUT2D eigenvalue weighted by Gasteiger charge is 2.03. The lowest BCUT2D eigenvalue weighted by molar-refractivity contribution is 0.0598. The average molecular weight is 742 g/mol. The number of hydrogen-bond acceptors (Lipinski definition) is 5. The molecule has 0 bridgehead atoms. The summed E-state index contributed by atoms with van der Waals surface area (Å²) in [6.07, 6.45) is 0. The highest BCUT2D eigenvalue weighted by molar-refractivity contribution is 14.1. The zero-order valence-electron chi connectivity index (χ0n) is 20.8. The molecule has 208 valence electrons. The third kappa shape index (κ3) is 13.9. The molecule has 0 aliphatic heterocycles. The summed E-state index contributed by atoms with van der Waals surface area (Å²) in [5, 5.41) is 25.9. The second-order valence-corrected chi connectivity index (χ2v) is 9.89. The van der Waals surface area contributed by atoms with Gasteiger partial charge in [-0.3, -0.25) is 0 Å². The number of carbonyl (C=O) groups excluding carboxylic acids is 1. The van der Waals surface area contributed by atoms with Gasteiger partial charge >= 0.3 is 23.9 Å². The number of methoxy groups -OCH3 is 1. The van der Waals surface area contributed by atoms with E-state index in [-0.39, 0.29) is 5.97 Å². The Hall–Kier alpha value is -3.74. The summed E-state index contributed by atoms with van der Waals surface area (Å²) in [5.74, 6) is -3.00. The van der Waals surface area contributed by atoms with E-state index < -0.39 is 17.9 Å². The van der Waals surface area contributed by atoms with Gasteiger partial charge in [-0.1, -0.05) is 45.7 Å². The van der Waals surface area contributed by atoms with Crippen LogP contribution in [0.5, 0.6) is 0 Å². The Morgan fingerprint density at radius 3 is 1.38 bits per heavy atom. The van der Waals surface area contributed by atoms with Gasteiger partial charge in [0.05, 0.1) is 29.4 Å². The number of hydrogen-bond donors (Lipinski definition) is 3. The summed E-state index contributed by atoms with van der Waals surface area (Å²) in [4.78, 5) is 41.7. The molecule has 0 heterocycles. The van der Waals surface area contributed by atoms with Gasteiger partial charge < -0.3 is 20.1 Å². The third-order valence-electron chi connectivity index (χ3n) is 4.47. The van der Waals surface area contributed by atoms with Crippen molar-refractivity contribution in [3.05, 3.63) is 138 Å². The monoisotopic (exact) mass is 740 g/mol. The van der Waals surface area contributed by atoms with E-state index >= 15 is 0 Å². The van der Waals surface area contributed by atoms with Crippen molar-refractivity contribution < 1.29 is 39.2 Å². The molecule has 0 saturated heterocycles. The fourth-order valence-corrected chi connectivity index (χ4v) is 3.22. The molecule has 0 aromatic heterocycles. The van der Waals surface area contributed by atoms with Crippen LogP contribution in [-0.4, -0.2) is 46.3 Å². The van der Waals surface area contributed by atoms with Crippen LogP contribution in [0.4, 0.5) is 0 Å². The molecule has 0 fully saturated rings. The molecule has 0 saturated carbocycles. The standard InChI is InChI=1S/C8H7ClO2.C7H5BrO2.C7H5IO2.C7H6O2/c1-11-8(10)6-2-4-7(9)5-3-6;2*8-6-3-1-5(2-4-6)7(9)10;8-7(9)6-4-2-1-3-5-6/h2-5H,1H3;2*1-4H,(H,9,10);1-5H,(H,8,9). The van der Waals surface area contributed by atoms with Crippen LogP contribution in [0, 0.1) is 3.57 Å². The highest BCUT2D eigenvalue weighted by atomic mass is 127. The Morgan fingerprint density at radius 1 is 0.625 bits per heavy atom. The number of rotatable bonds is 4. The highest BCUT2D eigenvalue weighted by Crippen LogP contribution is 2.11. The average Bonchev–Trinajstić information content (AvgIpc) is 2.95. The minimum absolute atomic E-state index is 0.309. The second kappa shape index (κ2) is 18.5. The first-order valence-corrected chi connectivity index (χ1v) is 13.3. The van der Waals surface area contributed by atoms with Gasteiger partial charge in [0.1, 0.15) is 0 Å². The van der Waals surface area contributed by atoms with E-state index in [1.807, 2.05) is 0 Å². The molecule has 0 radical (unpaired) electrons. The minimum Gasteiger partial charge on any atom is -0.478 e. The van der Waals surface area contributed by atoms with E-state index in [2.05, 4.69) is 43.3 Å². The molecule has 0 aliphatic carbocycles. The summed E-state index contributed by atoms with van der Waals surface area (Å²) in [6.45, 7) is 0. The van der Waals surface area contributed by atoms with Crippen molar-refractivity contribution in [2.45, 2.75) is 0 Å². The van der Waals surface area contributed by atoms with Crippen LogP contribution in [0.25, 0.3) is 0 Å². The molecule has 8 nitrogen and oxygen atoms in total. The topological polar surface area (TPSA) is 138 Å². The van der Waals surface area contributed by atoms with Crippen LogP contribution in [0.3, 0.4) is 0 Å². The summed E-state index contributed by atoms with van der Waals surface area (Å²) in [5.41, 5.74) is 1.48. The Labute approximate surface area is 257 Å². The van der Waals surface area contributed by atoms with Gasteiger partial charge in [-0.05, 0) is 108 Å². The van der Waals surface area contributed by atoms with Crippen LogP contribution < -0.4 is 0 Å². The number of aromatic carboxylic acids is 3. The predicted molar refractivity (Wildman–Crippen MR) is 163 cm³/mol. The lowest BCUT2D eigenvalue weighted by Crippen LogP contribution is -1.99. The molecule has 4 aromatic rings. The SMILES string of the molecule is COC(=O)c1ccc(Cl)cc1.O=C(O)c1ccc(Br)cc1.O=C(O)c1ccc(I)cc1.O=C(O)c1ccccc1. The van der Waals surface area contributed by atoms with E-state index in [0.29, 0.717) is 27.3 Å². The zero-order chi connectivity index (χ0) is 30.1. The van der Waals surface area contributed by atoms with Gasteiger partial charge in [0.2, 0.25) is 0 Å². The Bertz CT molecular complexity index is 1320. The van der Waals surface area contributed by atoms with E-state index in [0.717, 1.165) is 8.04 Å². The quantitative estimate of drug-likeness (QED) is 0.143. The van der Waals surface area contributed by atoms with E-state index in [1.165, 1.54) is 7.11 Å². The summed E-state index contributed by atoms with van der Waals surface area (Å²) < 4.78 is 6.42. The van der Waals surface area contributed by atoms with E-state index in [1.54, 1.807) is 103 Å². The Morgan fingerprint density at radius 2 is 1.00 bits per heavy atom. The first-order valence-electron chi connectivity index (χ1n) is 11.0. The van der Waals surface area contributed by atoms with Crippen LogP contribution in [0.2, 0.25) is 5.02 Å². The van der Waals surface area contributed by atoms with Crippen LogP contribution in [0.1, 0.15) is 41.4 Å². The summed E-state index contributed by atoms with van der Waals surface area (Å²) >= 11 is 10.9. The zero-order valence-corrected chi connectivity index (χ0v) is 25.3. The molecule has 11 heteroatoms. The Balaban J connectivity index is 0.000000267. The van der Waals surface area contributed by atoms with Crippen molar-refractivity contribution in [3.63, 3.8) is 0 Å².